The number of carbonyl (C=O) groups is 1. The molecule has 0 aliphatic rings. The molecule has 0 aliphatic carbocycles. The molecule has 0 unspecified atom stereocenters. The van der Waals surface area contributed by atoms with E-state index in [-0.39, 0.29) is 5.56 Å². The van der Waals surface area contributed by atoms with Crippen molar-refractivity contribution < 1.29 is 13.6 Å². The third kappa shape index (κ3) is 2.21. The summed E-state index contributed by atoms with van der Waals surface area (Å²) in [6.45, 7) is 6.27. The lowest BCUT2D eigenvalue weighted by Crippen LogP contribution is -2.11. The second kappa shape index (κ2) is 4.21. The van der Waals surface area contributed by atoms with Gasteiger partial charge in [0.15, 0.2) is 11.6 Å². The first kappa shape index (κ1) is 11.4. The van der Waals surface area contributed by atoms with Crippen molar-refractivity contribution in [1.29, 1.82) is 0 Å². The maximum Gasteiger partial charge on any atom is 0.247 e. The second-order valence-corrected chi connectivity index (χ2v) is 3.18. The highest BCUT2D eigenvalue weighted by molar-refractivity contribution is 5.99. The van der Waals surface area contributed by atoms with Crippen molar-refractivity contribution in [2.24, 2.45) is 0 Å². The predicted octanol–water partition coefficient (Wildman–Crippen LogP) is 2.71. The van der Waals surface area contributed by atoms with Crippen molar-refractivity contribution in [2.45, 2.75) is 13.8 Å². The van der Waals surface area contributed by atoms with Crippen LogP contribution in [-0.2, 0) is 4.79 Å². The van der Waals surface area contributed by atoms with E-state index in [1.807, 2.05) is 0 Å². The van der Waals surface area contributed by atoms with Gasteiger partial charge in [0.2, 0.25) is 5.91 Å². The first-order valence-electron chi connectivity index (χ1n) is 4.36. The summed E-state index contributed by atoms with van der Waals surface area (Å²) in [4.78, 5) is 11.0. The summed E-state index contributed by atoms with van der Waals surface area (Å²) in [5.74, 6) is -2.31. The molecule has 0 bridgehead atoms. The summed E-state index contributed by atoms with van der Waals surface area (Å²) in [6.07, 6.45) is 1.07. The number of rotatable bonds is 2. The van der Waals surface area contributed by atoms with Gasteiger partial charge in [-0.15, -0.1) is 0 Å². The Morgan fingerprint density at radius 2 is 2.07 bits per heavy atom. The molecule has 0 aliphatic heterocycles. The van der Waals surface area contributed by atoms with E-state index < -0.39 is 17.5 Å². The van der Waals surface area contributed by atoms with Crippen LogP contribution in [0.25, 0.3) is 0 Å². The van der Waals surface area contributed by atoms with Crippen LogP contribution in [0.4, 0.5) is 14.5 Å². The molecule has 1 aromatic carbocycles. The van der Waals surface area contributed by atoms with Crippen LogP contribution in [0.5, 0.6) is 0 Å². The van der Waals surface area contributed by atoms with E-state index in [2.05, 4.69) is 11.9 Å². The lowest BCUT2D eigenvalue weighted by atomic mass is 10.1. The molecule has 0 radical (unpaired) electrons. The van der Waals surface area contributed by atoms with E-state index in [1.54, 1.807) is 6.92 Å². The molecule has 0 atom stereocenters. The Labute approximate surface area is 86.6 Å². The third-order valence-corrected chi connectivity index (χ3v) is 2.09. The number of anilines is 1. The number of aryl methyl sites for hydroxylation is 1. The molecule has 80 valence electrons. The van der Waals surface area contributed by atoms with Crippen molar-refractivity contribution in [3.63, 3.8) is 0 Å². The first-order chi connectivity index (χ1) is 6.97. The van der Waals surface area contributed by atoms with E-state index in [0.29, 0.717) is 11.3 Å². The molecular weight excluding hydrogens is 200 g/mol. The van der Waals surface area contributed by atoms with Crippen molar-refractivity contribution in [1.82, 2.24) is 0 Å². The van der Waals surface area contributed by atoms with Crippen LogP contribution in [0.15, 0.2) is 18.7 Å². The van der Waals surface area contributed by atoms with E-state index in [1.165, 1.54) is 6.92 Å². The molecule has 1 N–H and O–H groups in total. The minimum Gasteiger partial charge on any atom is -0.322 e. The second-order valence-electron chi connectivity index (χ2n) is 3.18. The van der Waals surface area contributed by atoms with E-state index >= 15 is 0 Å². The minimum atomic E-state index is -0.944. The normalized spacial score (nSPS) is 9.87. The fourth-order valence-corrected chi connectivity index (χ4v) is 1.28. The fourth-order valence-electron chi connectivity index (χ4n) is 1.28. The molecule has 0 heterocycles. The molecular formula is C11H11F2NO. The van der Waals surface area contributed by atoms with Gasteiger partial charge in [-0.3, -0.25) is 4.79 Å². The van der Waals surface area contributed by atoms with Crippen molar-refractivity contribution in [3.05, 3.63) is 41.5 Å². The maximum atomic E-state index is 13.2. The van der Waals surface area contributed by atoms with E-state index in [9.17, 15) is 13.6 Å². The third-order valence-electron chi connectivity index (χ3n) is 2.09. The van der Waals surface area contributed by atoms with Crippen LogP contribution in [0.3, 0.4) is 0 Å². The molecule has 15 heavy (non-hydrogen) atoms. The van der Waals surface area contributed by atoms with Gasteiger partial charge in [-0.1, -0.05) is 6.58 Å². The Kier molecular flexibility index (Phi) is 3.19. The number of carbonyl (C=O) groups excluding carboxylic acids is 1. The highest BCUT2D eigenvalue weighted by Crippen LogP contribution is 2.24. The maximum absolute atomic E-state index is 13.2. The number of halogens is 2. The summed E-state index contributed by atoms with van der Waals surface area (Å²) in [6, 6.07) is 1.04. The van der Waals surface area contributed by atoms with E-state index in [4.69, 9.17) is 0 Å². The van der Waals surface area contributed by atoms with Gasteiger partial charge in [0, 0.05) is 11.3 Å². The first-order valence-corrected chi connectivity index (χ1v) is 4.36. The molecule has 1 amide bonds. The van der Waals surface area contributed by atoms with Crippen LogP contribution in [0, 0.1) is 25.5 Å². The quantitative estimate of drug-likeness (QED) is 0.749. The molecule has 0 fully saturated rings. The number of amides is 1. The highest BCUT2D eigenvalue weighted by atomic mass is 19.2. The lowest BCUT2D eigenvalue weighted by molar-refractivity contribution is -0.111. The van der Waals surface area contributed by atoms with Gasteiger partial charge in [-0.2, -0.15) is 0 Å². The Hall–Kier alpha value is -1.71. The topological polar surface area (TPSA) is 29.1 Å². The van der Waals surface area contributed by atoms with Crippen LogP contribution in [0.1, 0.15) is 11.1 Å². The number of benzene rings is 1. The summed E-state index contributed by atoms with van der Waals surface area (Å²) in [7, 11) is 0. The Bertz CT molecular complexity index is 427. The molecule has 1 aromatic rings. The van der Waals surface area contributed by atoms with Gasteiger partial charge >= 0.3 is 0 Å². The monoisotopic (exact) mass is 211 g/mol. The van der Waals surface area contributed by atoms with Gasteiger partial charge in [-0.05, 0) is 31.6 Å². The number of hydrogen-bond acceptors (Lipinski definition) is 1. The Morgan fingerprint density at radius 3 is 2.60 bits per heavy atom. The molecule has 1 rings (SSSR count). The number of nitrogens with one attached hydrogen (secondary N) is 1. The zero-order valence-corrected chi connectivity index (χ0v) is 8.53. The summed E-state index contributed by atoms with van der Waals surface area (Å²) >= 11 is 0. The van der Waals surface area contributed by atoms with Crippen LogP contribution in [-0.4, -0.2) is 5.91 Å². The molecule has 0 spiro atoms. The van der Waals surface area contributed by atoms with Gasteiger partial charge in [0.25, 0.3) is 0 Å². The summed E-state index contributed by atoms with van der Waals surface area (Å²) in [5, 5.41) is 2.43. The average molecular weight is 211 g/mol. The van der Waals surface area contributed by atoms with Crippen molar-refractivity contribution in [2.75, 3.05) is 5.32 Å². The van der Waals surface area contributed by atoms with E-state index in [0.717, 1.165) is 12.1 Å². The largest absolute Gasteiger partial charge is 0.322 e. The van der Waals surface area contributed by atoms with Crippen LogP contribution in [0.2, 0.25) is 0 Å². The van der Waals surface area contributed by atoms with Gasteiger partial charge in [0.1, 0.15) is 0 Å². The molecule has 2 nitrogen and oxygen atoms in total. The zero-order valence-electron chi connectivity index (χ0n) is 8.53. The predicted molar refractivity (Wildman–Crippen MR) is 54.7 cm³/mol. The summed E-state index contributed by atoms with van der Waals surface area (Å²) in [5.41, 5.74) is 0.850. The average Bonchev–Trinajstić information content (AvgIpc) is 2.21. The Morgan fingerprint density at radius 1 is 1.47 bits per heavy atom. The zero-order chi connectivity index (χ0) is 11.6. The Balaban J connectivity index is 3.23. The van der Waals surface area contributed by atoms with Crippen LogP contribution >= 0.6 is 0 Å². The fraction of sp³-hybridized carbons (Fsp3) is 0.182. The highest BCUT2D eigenvalue weighted by Gasteiger charge is 2.13. The van der Waals surface area contributed by atoms with Gasteiger partial charge in [0.05, 0.1) is 0 Å². The smallest absolute Gasteiger partial charge is 0.247 e. The lowest BCUT2D eigenvalue weighted by Gasteiger charge is -2.11. The van der Waals surface area contributed by atoms with Gasteiger partial charge in [-0.25, -0.2) is 8.78 Å². The molecule has 0 saturated carbocycles. The molecule has 0 saturated heterocycles. The van der Waals surface area contributed by atoms with Crippen LogP contribution < -0.4 is 5.32 Å². The standard InChI is InChI=1S/C11H11F2NO/c1-4-9(15)14-11-6(2)5-8(12)10(13)7(11)3/h4-5H,1H2,2-3H3,(H,14,15). The minimum absolute atomic E-state index is 0.0858. The van der Waals surface area contributed by atoms with Crippen molar-refractivity contribution >= 4 is 11.6 Å². The van der Waals surface area contributed by atoms with Gasteiger partial charge < -0.3 is 5.32 Å². The SMILES string of the molecule is C=CC(=O)Nc1c(C)cc(F)c(F)c1C. The molecule has 0 aromatic heterocycles. The van der Waals surface area contributed by atoms with Crippen molar-refractivity contribution in [3.8, 4) is 0 Å². The molecule has 4 heteroatoms. The number of hydrogen-bond donors (Lipinski definition) is 1. The summed E-state index contributed by atoms with van der Waals surface area (Å²) < 4.78 is 26.1.